The number of amides is 2. The summed E-state index contributed by atoms with van der Waals surface area (Å²) in [7, 11) is -2.20. The van der Waals surface area contributed by atoms with Crippen LogP contribution in [-0.4, -0.2) is 66.7 Å². The summed E-state index contributed by atoms with van der Waals surface area (Å²) in [6.45, 7) is 31.1. The van der Waals surface area contributed by atoms with Gasteiger partial charge in [-0.25, -0.2) is 4.79 Å². The number of ether oxygens (including phenoxy) is 2. The molecular weight excluding hydrogens is 491 g/mol. The summed E-state index contributed by atoms with van der Waals surface area (Å²) < 4.78 is 18.7. The third-order valence-electron chi connectivity index (χ3n) is 7.56. The maximum atomic E-state index is 13.3. The first-order valence-corrected chi connectivity index (χ1v) is 16.8. The van der Waals surface area contributed by atoms with Crippen LogP contribution < -0.4 is 18.9 Å². The first kappa shape index (κ1) is 37.1. The molecule has 1 aliphatic carbocycles. The van der Waals surface area contributed by atoms with E-state index < -0.39 is 20.5 Å². The fourth-order valence-corrected chi connectivity index (χ4v) is 6.04. The minimum atomic E-state index is -2.20. The van der Waals surface area contributed by atoms with Crippen molar-refractivity contribution in [3.8, 4) is 0 Å². The Morgan fingerprint density at radius 1 is 0.842 bits per heavy atom. The predicted molar refractivity (Wildman–Crippen MR) is 153 cm³/mol. The van der Waals surface area contributed by atoms with Crippen LogP contribution in [0.5, 0.6) is 0 Å². The molecule has 0 radical (unpaired) electrons. The van der Waals surface area contributed by atoms with Gasteiger partial charge >= 0.3 is 25.0 Å². The van der Waals surface area contributed by atoms with Gasteiger partial charge in [0.25, 0.3) is 0 Å². The van der Waals surface area contributed by atoms with Gasteiger partial charge in [0.15, 0.2) is 8.32 Å². The summed E-state index contributed by atoms with van der Waals surface area (Å²) in [4.78, 5) is 29.8. The van der Waals surface area contributed by atoms with Crippen LogP contribution >= 0.6 is 0 Å². The van der Waals surface area contributed by atoms with Crippen LogP contribution in [0.2, 0.25) is 18.1 Å². The van der Waals surface area contributed by atoms with E-state index in [1.807, 2.05) is 55.4 Å². The molecule has 0 heterocycles. The third-order valence-corrected chi connectivity index (χ3v) is 12.0. The Hall–Kier alpha value is -0.946. The van der Waals surface area contributed by atoms with Crippen molar-refractivity contribution in [2.45, 2.75) is 157 Å². The van der Waals surface area contributed by atoms with Crippen LogP contribution in [0.3, 0.4) is 0 Å². The molecule has 0 bridgehead atoms. The molecule has 0 aromatic carbocycles. The summed E-state index contributed by atoms with van der Waals surface area (Å²) in [6.07, 6.45) is 2.45. The molecule has 0 aromatic heterocycles. The van der Waals surface area contributed by atoms with Crippen molar-refractivity contribution in [2.24, 2.45) is 5.41 Å². The average Bonchev–Trinajstić information content (AvgIpc) is 2.63. The maximum absolute atomic E-state index is 13.3. The number of nitrogens with zero attached hydrogens (tertiary/aromatic N) is 2. The van der Waals surface area contributed by atoms with Gasteiger partial charge in [-0.2, -0.15) is 0 Å². The van der Waals surface area contributed by atoms with Crippen molar-refractivity contribution in [1.82, 2.24) is 9.80 Å². The van der Waals surface area contributed by atoms with Gasteiger partial charge < -0.3 is 28.5 Å². The number of carbonyl (C=O) groups excluding carboxylic acids is 2. The molecule has 2 atom stereocenters. The SMILES string of the molecule is CC(C)N(C(=O)O[C-]=C1[C@H](OC(=O)N(C(C)C)C(C)C)CC(C)(C)C[C@H]1O[Si](C)(C)C(C)(C)C)C(C)C.[Li+]. The van der Waals surface area contributed by atoms with Gasteiger partial charge in [-0.15, -0.1) is 0 Å². The standard InChI is InChI=1S/C29H55N2O5Si.Li/c1-19(2)30(20(3)4)26(32)34-18-23-24(35-27(33)31(21(5)6)22(7)8)16-29(12,13)17-25(23)36-37(14,15)28(9,10)11;/h19-22,24-25H,16-17H2,1-15H3;/q-1;+1/t24-,25-;/m1./s1. The normalized spacial score (nSPS) is 21.1. The predicted octanol–water partition coefficient (Wildman–Crippen LogP) is 4.77. The Balaban J connectivity index is 0.0000137. The molecule has 2 amide bonds. The van der Waals surface area contributed by atoms with Crippen molar-refractivity contribution in [2.75, 3.05) is 0 Å². The van der Waals surface area contributed by atoms with Crippen molar-refractivity contribution in [1.29, 1.82) is 0 Å². The van der Waals surface area contributed by atoms with Gasteiger partial charge in [-0.05, 0) is 91.8 Å². The first-order valence-electron chi connectivity index (χ1n) is 13.9. The summed E-state index contributed by atoms with van der Waals surface area (Å²) in [5, 5.41) is -0.0132. The molecule has 1 rings (SSSR count). The van der Waals surface area contributed by atoms with Gasteiger partial charge in [0, 0.05) is 24.2 Å². The van der Waals surface area contributed by atoms with Gasteiger partial charge in [0.2, 0.25) is 6.09 Å². The number of carbonyl (C=O) groups is 2. The van der Waals surface area contributed by atoms with Crippen LogP contribution in [0.15, 0.2) is 5.57 Å². The maximum Gasteiger partial charge on any atom is 1.00 e. The van der Waals surface area contributed by atoms with E-state index in [4.69, 9.17) is 13.9 Å². The van der Waals surface area contributed by atoms with E-state index in [0.29, 0.717) is 12.0 Å². The van der Waals surface area contributed by atoms with Gasteiger partial charge in [0.1, 0.15) is 6.10 Å². The van der Waals surface area contributed by atoms with Crippen molar-refractivity contribution in [3.63, 3.8) is 0 Å². The fourth-order valence-electron chi connectivity index (χ4n) is 4.76. The minimum absolute atomic E-state index is 0. The van der Waals surface area contributed by atoms with E-state index in [1.165, 1.54) is 0 Å². The Bertz CT molecular complexity index is 802. The first-order chi connectivity index (χ1) is 16.6. The Kier molecular flexibility index (Phi) is 13.7. The van der Waals surface area contributed by atoms with E-state index in [-0.39, 0.29) is 65.7 Å². The quantitative estimate of drug-likeness (QED) is 0.249. The number of hydrogen-bond donors (Lipinski definition) is 0. The van der Waals surface area contributed by atoms with Gasteiger partial charge in [0.05, 0.1) is 6.10 Å². The van der Waals surface area contributed by atoms with Crippen molar-refractivity contribution in [3.05, 3.63) is 11.8 Å². The zero-order chi connectivity index (χ0) is 29.1. The Morgan fingerprint density at radius 3 is 1.63 bits per heavy atom. The molecule has 0 saturated heterocycles. The second-order valence-corrected chi connectivity index (χ2v) is 18.7. The minimum Gasteiger partial charge on any atom is -0.602 e. The molecule has 38 heavy (non-hydrogen) atoms. The van der Waals surface area contributed by atoms with Crippen molar-refractivity contribution < 1.29 is 42.3 Å². The summed E-state index contributed by atoms with van der Waals surface area (Å²) in [5.41, 5.74) is 0.459. The van der Waals surface area contributed by atoms with E-state index in [9.17, 15) is 9.59 Å². The molecule has 1 fully saturated rings. The molecule has 1 saturated carbocycles. The van der Waals surface area contributed by atoms with E-state index in [1.54, 1.807) is 9.80 Å². The average molecular weight is 547 g/mol. The molecule has 7 nitrogen and oxygen atoms in total. The molecule has 0 N–H and O–H groups in total. The Labute approximate surface area is 246 Å². The molecule has 0 unspecified atom stereocenters. The van der Waals surface area contributed by atoms with Crippen LogP contribution in [-0.2, 0) is 13.9 Å². The van der Waals surface area contributed by atoms with Crippen LogP contribution in [0, 0.1) is 11.7 Å². The molecule has 216 valence electrons. The second-order valence-electron chi connectivity index (χ2n) is 13.9. The van der Waals surface area contributed by atoms with Gasteiger partial charge in [-0.3, -0.25) is 0 Å². The molecule has 1 aliphatic rings. The Morgan fingerprint density at radius 2 is 1.24 bits per heavy atom. The van der Waals surface area contributed by atoms with Gasteiger partial charge in [-0.1, -0.05) is 46.5 Å². The zero-order valence-electron chi connectivity index (χ0n) is 27.3. The van der Waals surface area contributed by atoms with Crippen LogP contribution in [0.1, 0.15) is 103 Å². The van der Waals surface area contributed by atoms with E-state index in [0.717, 1.165) is 6.42 Å². The van der Waals surface area contributed by atoms with Crippen molar-refractivity contribution >= 4 is 20.5 Å². The van der Waals surface area contributed by atoms with E-state index >= 15 is 0 Å². The molecule has 0 aliphatic heterocycles. The third kappa shape index (κ3) is 9.91. The molecule has 9 heteroatoms. The summed E-state index contributed by atoms with van der Waals surface area (Å²) >= 11 is 0. The zero-order valence-corrected chi connectivity index (χ0v) is 28.3. The molecular formula is C29H55LiN2O5Si. The summed E-state index contributed by atoms with van der Waals surface area (Å²) in [5.74, 6) is 0. The second kappa shape index (κ2) is 14.1. The number of hydrogen-bond acceptors (Lipinski definition) is 5. The fraction of sp³-hybridized carbons (Fsp3) is 0.862. The molecule has 0 aromatic rings. The van der Waals surface area contributed by atoms with Crippen LogP contribution in [0.4, 0.5) is 9.59 Å². The van der Waals surface area contributed by atoms with E-state index in [2.05, 4.69) is 54.0 Å². The monoisotopic (exact) mass is 546 g/mol. The topological polar surface area (TPSA) is 68.3 Å². The largest absolute Gasteiger partial charge is 1.00 e. The summed E-state index contributed by atoms with van der Waals surface area (Å²) in [6, 6.07) is -0.0715. The van der Waals surface area contributed by atoms with Crippen LogP contribution in [0.25, 0.3) is 0 Å². The molecule has 0 spiro atoms. The smallest absolute Gasteiger partial charge is 0.602 e. The number of rotatable bonds is 8.